The first-order valence-electron chi connectivity index (χ1n) is 6.65. The van der Waals surface area contributed by atoms with E-state index in [9.17, 15) is 14.8 Å². The summed E-state index contributed by atoms with van der Waals surface area (Å²) in [6, 6.07) is 9.76. The molecular weight excluding hydrogens is 269 g/mol. The Morgan fingerprint density at radius 2 is 1.81 bits per heavy atom. The van der Waals surface area contributed by atoms with Crippen molar-refractivity contribution in [2.75, 3.05) is 7.11 Å². The number of hydrogen-bond acceptors (Lipinski definition) is 4. The van der Waals surface area contributed by atoms with E-state index in [4.69, 9.17) is 4.74 Å². The third-order valence-electron chi connectivity index (χ3n) is 3.66. The van der Waals surface area contributed by atoms with E-state index in [2.05, 4.69) is 0 Å². The van der Waals surface area contributed by atoms with Gasteiger partial charge in [-0.1, -0.05) is 30.3 Å². The maximum Gasteiger partial charge on any atom is 0.491 e. The van der Waals surface area contributed by atoms with Crippen LogP contribution in [-0.2, 0) is 11.3 Å². The van der Waals surface area contributed by atoms with E-state index in [1.807, 2.05) is 34.9 Å². The molecule has 110 valence electrons. The van der Waals surface area contributed by atoms with Crippen molar-refractivity contribution in [3.05, 3.63) is 52.8 Å². The van der Waals surface area contributed by atoms with Gasteiger partial charge in [0.05, 0.1) is 12.7 Å². The van der Waals surface area contributed by atoms with Gasteiger partial charge in [-0.15, -0.1) is 0 Å². The van der Waals surface area contributed by atoms with Crippen LogP contribution in [0.2, 0.25) is 0 Å². The van der Waals surface area contributed by atoms with Gasteiger partial charge in [0.1, 0.15) is 0 Å². The van der Waals surface area contributed by atoms with Gasteiger partial charge in [-0.2, -0.15) is 0 Å². The zero-order chi connectivity index (χ0) is 15.6. The second kappa shape index (κ2) is 6.16. The summed E-state index contributed by atoms with van der Waals surface area (Å²) < 4.78 is 6.64. The fraction of sp³-hybridized carbons (Fsp3) is 0.267. The first-order chi connectivity index (χ1) is 9.97. The molecule has 0 unspecified atom stereocenters. The van der Waals surface area contributed by atoms with Gasteiger partial charge in [0, 0.05) is 23.4 Å². The minimum Gasteiger partial charge on any atom is -0.465 e. The minimum atomic E-state index is -1.71. The molecule has 2 aromatic rings. The van der Waals surface area contributed by atoms with Crippen molar-refractivity contribution < 1.29 is 19.6 Å². The second-order valence-electron chi connectivity index (χ2n) is 4.90. The lowest BCUT2D eigenvalue weighted by Crippen LogP contribution is -2.35. The van der Waals surface area contributed by atoms with Crippen LogP contribution in [0.1, 0.15) is 27.3 Å². The molecule has 0 saturated heterocycles. The molecule has 0 bridgehead atoms. The largest absolute Gasteiger partial charge is 0.491 e. The topological polar surface area (TPSA) is 71.7 Å². The van der Waals surface area contributed by atoms with Crippen LogP contribution in [-0.4, -0.2) is 34.8 Å². The highest BCUT2D eigenvalue weighted by Crippen LogP contribution is 2.16. The Hall–Kier alpha value is -2.05. The predicted molar refractivity (Wildman–Crippen MR) is 80.6 cm³/mol. The van der Waals surface area contributed by atoms with Crippen LogP contribution in [0.3, 0.4) is 0 Å². The average Bonchev–Trinajstić information content (AvgIpc) is 2.72. The average molecular weight is 287 g/mol. The van der Waals surface area contributed by atoms with Crippen molar-refractivity contribution in [3.63, 3.8) is 0 Å². The zero-order valence-corrected chi connectivity index (χ0v) is 12.3. The van der Waals surface area contributed by atoms with Gasteiger partial charge in [0.25, 0.3) is 0 Å². The van der Waals surface area contributed by atoms with Crippen molar-refractivity contribution >= 4 is 18.6 Å². The first kappa shape index (κ1) is 15.3. The fourth-order valence-corrected chi connectivity index (χ4v) is 2.59. The molecule has 0 saturated carbocycles. The van der Waals surface area contributed by atoms with Gasteiger partial charge >= 0.3 is 13.1 Å². The van der Waals surface area contributed by atoms with Crippen LogP contribution in [0.25, 0.3) is 0 Å². The number of aromatic nitrogens is 1. The Bertz CT molecular complexity index is 649. The minimum absolute atomic E-state index is 0.204. The van der Waals surface area contributed by atoms with Gasteiger partial charge in [-0.25, -0.2) is 4.79 Å². The van der Waals surface area contributed by atoms with Crippen LogP contribution in [0.15, 0.2) is 30.3 Å². The number of hydrogen-bond donors (Lipinski definition) is 2. The molecule has 0 fully saturated rings. The summed E-state index contributed by atoms with van der Waals surface area (Å²) in [5.74, 6) is -0.564. The number of methoxy groups -OCH3 is 1. The lowest BCUT2D eigenvalue weighted by molar-refractivity contribution is 0.0600. The van der Waals surface area contributed by atoms with E-state index in [0.29, 0.717) is 17.9 Å². The number of nitrogens with zero attached hydrogens (tertiary/aromatic N) is 1. The molecule has 5 nitrogen and oxygen atoms in total. The van der Waals surface area contributed by atoms with Gasteiger partial charge in [-0.3, -0.25) is 0 Å². The van der Waals surface area contributed by atoms with E-state index in [1.54, 1.807) is 13.8 Å². The van der Waals surface area contributed by atoms with E-state index < -0.39 is 13.1 Å². The summed E-state index contributed by atoms with van der Waals surface area (Å²) >= 11 is 0. The van der Waals surface area contributed by atoms with Gasteiger partial charge < -0.3 is 19.4 Å². The number of rotatable bonds is 4. The molecule has 0 atom stereocenters. The SMILES string of the molecule is COC(=O)c1c(B(O)O)c(C)n(Cc2ccccc2)c1C. The molecule has 0 aliphatic rings. The maximum atomic E-state index is 11.9. The smallest absolute Gasteiger partial charge is 0.465 e. The highest BCUT2D eigenvalue weighted by molar-refractivity contribution is 6.61. The lowest BCUT2D eigenvalue weighted by Gasteiger charge is -2.10. The van der Waals surface area contributed by atoms with Crippen LogP contribution in [0.4, 0.5) is 0 Å². The quantitative estimate of drug-likeness (QED) is 0.639. The molecule has 0 aliphatic carbocycles. The lowest BCUT2D eigenvalue weighted by atomic mass is 9.77. The summed E-state index contributed by atoms with van der Waals surface area (Å²) in [5.41, 5.74) is 2.79. The molecule has 1 aromatic carbocycles. The highest BCUT2D eigenvalue weighted by atomic mass is 16.5. The second-order valence-corrected chi connectivity index (χ2v) is 4.90. The van der Waals surface area contributed by atoms with Crippen LogP contribution < -0.4 is 5.46 Å². The van der Waals surface area contributed by atoms with E-state index in [0.717, 1.165) is 5.56 Å². The predicted octanol–water partition coefficient (Wildman–Crippen LogP) is 0.620. The van der Waals surface area contributed by atoms with Gasteiger partial charge in [-0.05, 0) is 19.4 Å². The molecule has 21 heavy (non-hydrogen) atoms. The Morgan fingerprint density at radius 1 is 1.19 bits per heavy atom. The molecular formula is C15H18BNO4. The molecule has 2 rings (SSSR count). The molecule has 6 heteroatoms. The third-order valence-corrected chi connectivity index (χ3v) is 3.66. The summed E-state index contributed by atoms with van der Waals surface area (Å²) in [5, 5.41) is 19.1. The van der Waals surface area contributed by atoms with Crippen molar-refractivity contribution in [2.45, 2.75) is 20.4 Å². The Morgan fingerprint density at radius 3 is 2.33 bits per heavy atom. The van der Waals surface area contributed by atoms with Crippen molar-refractivity contribution in [2.24, 2.45) is 0 Å². The number of carbonyl (C=O) groups is 1. The molecule has 1 heterocycles. The molecule has 1 aromatic heterocycles. The monoisotopic (exact) mass is 287 g/mol. The number of benzene rings is 1. The van der Waals surface area contributed by atoms with Crippen molar-refractivity contribution in [1.29, 1.82) is 0 Å². The molecule has 2 N–H and O–H groups in total. The Balaban J connectivity index is 2.54. The normalized spacial score (nSPS) is 10.5. The highest BCUT2D eigenvalue weighted by Gasteiger charge is 2.30. The van der Waals surface area contributed by atoms with Crippen LogP contribution in [0.5, 0.6) is 0 Å². The number of carbonyl (C=O) groups excluding carboxylic acids is 1. The zero-order valence-electron chi connectivity index (χ0n) is 12.3. The summed E-state index contributed by atoms with van der Waals surface area (Å²) in [4.78, 5) is 11.9. The molecule has 0 amide bonds. The first-order valence-corrected chi connectivity index (χ1v) is 6.65. The maximum absolute atomic E-state index is 11.9. The summed E-state index contributed by atoms with van der Waals surface area (Å²) in [7, 11) is -0.436. The van der Waals surface area contributed by atoms with Crippen molar-refractivity contribution in [1.82, 2.24) is 4.57 Å². The van der Waals surface area contributed by atoms with E-state index in [-0.39, 0.29) is 11.0 Å². The molecule has 0 radical (unpaired) electrons. The van der Waals surface area contributed by atoms with Crippen LogP contribution >= 0.6 is 0 Å². The summed E-state index contributed by atoms with van der Waals surface area (Å²) in [6.45, 7) is 4.08. The fourth-order valence-electron chi connectivity index (χ4n) is 2.59. The third kappa shape index (κ3) is 2.86. The summed E-state index contributed by atoms with van der Waals surface area (Å²) in [6.07, 6.45) is 0. The van der Waals surface area contributed by atoms with Crippen molar-refractivity contribution in [3.8, 4) is 0 Å². The van der Waals surface area contributed by atoms with E-state index >= 15 is 0 Å². The Labute approximate surface area is 123 Å². The van der Waals surface area contributed by atoms with Gasteiger partial charge in [0.15, 0.2) is 0 Å². The van der Waals surface area contributed by atoms with Gasteiger partial charge in [0.2, 0.25) is 0 Å². The number of esters is 1. The Kier molecular flexibility index (Phi) is 4.50. The standard InChI is InChI=1S/C15H18BNO4/c1-10-13(15(18)21-3)14(16(19)20)11(2)17(10)9-12-7-5-4-6-8-12/h4-8,19-20H,9H2,1-3H3. The molecule has 0 aliphatic heterocycles. The van der Waals surface area contributed by atoms with Crippen LogP contribution in [0, 0.1) is 13.8 Å². The molecule has 0 spiro atoms. The number of ether oxygens (including phenoxy) is 1. The van der Waals surface area contributed by atoms with E-state index in [1.165, 1.54) is 7.11 Å².